The summed E-state index contributed by atoms with van der Waals surface area (Å²) in [6.45, 7) is 11.9. The Bertz CT molecular complexity index is 561. The summed E-state index contributed by atoms with van der Waals surface area (Å²) in [6, 6.07) is 0.647. The van der Waals surface area contributed by atoms with Crippen LogP contribution in [0.25, 0.3) is 0 Å². The second-order valence-corrected chi connectivity index (χ2v) is 8.95. The number of hydrogen-bond acceptors (Lipinski definition) is 7. The molecule has 0 aliphatic carbocycles. The maximum atomic E-state index is 12.0. The van der Waals surface area contributed by atoms with Gasteiger partial charge in [-0.15, -0.1) is 12.4 Å². The molecule has 8 nitrogen and oxygen atoms in total. The monoisotopic (exact) mass is 478 g/mol. The third-order valence-corrected chi connectivity index (χ3v) is 5.16. The average Bonchev–Trinajstić information content (AvgIpc) is 3.36. The third-order valence-electron chi connectivity index (χ3n) is 5.16. The predicted octanol–water partition coefficient (Wildman–Crippen LogP) is 4.23. The van der Waals surface area contributed by atoms with Crippen molar-refractivity contribution in [2.45, 2.75) is 104 Å². The van der Waals surface area contributed by atoms with Gasteiger partial charge < -0.3 is 24.4 Å². The van der Waals surface area contributed by atoms with Crippen LogP contribution in [0.3, 0.4) is 0 Å². The van der Waals surface area contributed by atoms with Gasteiger partial charge in [0, 0.05) is 31.5 Å². The van der Waals surface area contributed by atoms with E-state index in [9.17, 15) is 14.4 Å². The smallest absolute Gasteiger partial charge is 0.410 e. The number of nitrogens with zero attached hydrogens (tertiary/aromatic N) is 1. The first-order chi connectivity index (χ1) is 14.7. The molecule has 9 heteroatoms. The number of likely N-dealkylation sites (tertiary alicyclic amines) is 1. The first-order valence-corrected chi connectivity index (χ1v) is 11.7. The highest BCUT2D eigenvalue weighted by Gasteiger charge is 2.32. The van der Waals surface area contributed by atoms with E-state index < -0.39 is 5.60 Å². The second-order valence-electron chi connectivity index (χ2n) is 8.95. The minimum Gasteiger partial charge on any atom is -0.466 e. The Kier molecular flexibility index (Phi) is 15.4. The molecule has 2 heterocycles. The van der Waals surface area contributed by atoms with Crippen molar-refractivity contribution in [3.8, 4) is 0 Å². The summed E-state index contributed by atoms with van der Waals surface area (Å²) in [6.07, 6.45) is 6.57. The molecule has 0 spiro atoms. The number of carbonyl (C=O) groups excluding carboxylic acids is 3. The summed E-state index contributed by atoms with van der Waals surface area (Å²) in [5.74, 6) is -0.260. The van der Waals surface area contributed by atoms with Gasteiger partial charge in [-0.3, -0.25) is 9.59 Å². The molecular weight excluding hydrogens is 436 g/mol. The number of esters is 2. The van der Waals surface area contributed by atoms with E-state index in [1.54, 1.807) is 11.8 Å². The van der Waals surface area contributed by atoms with E-state index in [0.717, 1.165) is 25.8 Å². The number of carbonyl (C=O) groups is 3. The van der Waals surface area contributed by atoms with Gasteiger partial charge in [-0.2, -0.15) is 0 Å². The number of amides is 1. The van der Waals surface area contributed by atoms with Crippen LogP contribution in [-0.4, -0.2) is 66.9 Å². The van der Waals surface area contributed by atoms with Crippen LogP contribution in [-0.2, 0) is 23.8 Å². The number of halogens is 1. The fourth-order valence-electron chi connectivity index (χ4n) is 3.74. The number of nitrogens with one attached hydrogen (secondary N) is 1. The fourth-order valence-corrected chi connectivity index (χ4v) is 3.74. The molecule has 0 radical (unpaired) electrons. The van der Waals surface area contributed by atoms with Crippen LogP contribution < -0.4 is 5.32 Å². The molecular formula is C23H43ClN2O6. The third kappa shape index (κ3) is 13.1. The Balaban J connectivity index is 0.000000639. The number of rotatable bonds is 8. The summed E-state index contributed by atoms with van der Waals surface area (Å²) >= 11 is 0. The largest absolute Gasteiger partial charge is 0.466 e. The minimum absolute atomic E-state index is 0. The fraction of sp³-hybridized carbons (Fsp3) is 0.870. The molecule has 1 N–H and O–H groups in total. The molecule has 0 unspecified atom stereocenters. The Labute approximate surface area is 199 Å². The lowest BCUT2D eigenvalue weighted by molar-refractivity contribution is -0.144. The Morgan fingerprint density at radius 1 is 0.938 bits per heavy atom. The highest BCUT2D eigenvalue weighted by atomic mass is 35.5. The maximum Gasteiger partial charge on any atom is 0.410 e. The van der Waals surface area contributed by atoms with E-state index in [1.807, 2.05) is 27.7 Å². The molecule has 0 bridgehead atoms. The summed E-state index contributed by atoms with van der Waals surface area (Å²) in [7, 11) is 0. The molecule has 0 aromatic rings. The second kappa shape index (κ2) is 16.1. The van der Waals surface area contributed by atoms with Gasteiger partial charge >= 0.3 is 18.0 Å². The van der Waals surface area contributed by atoms with Crippen molar-refractivity contribution >= 4 is 30.4 Å². The lowest BCUT2D eigenvalue weighted by atomic mass is 10.1. The van der Waals surface area contributed by atoms with Crippen molar-refractivity contribution in [2.24, 2.45) is 0 Å². The van der Waals surface area contributed by atoms with Crippen LogP contribution in [0.1, 0.15) is 86.0 Å². The molecule has 2 atom stereocenters. The highest BCUT2D eigenvalue weighted by Crippen LogP contribution is 2.24. The van der Waals surface area contributed by atoms with E-state index in [2.05, 4.69) is 5.32 Å². The first kappa shape index (κ1) is 30.5. The van der Waals surface area contributed by atoms with Crippen molar-refractivity contribution in [2.75, 3.05) is 26.3 Å². The molecule has 2 saturated heterocycles. The first-order valence-electron chi connectivity index (χ1n) is 11.7. The molecule has 32 heavy (non-hydrogen) atoms. The van der Waals surface area contributed by atoms with Gasteiger partial charge in [-0.05, 0) is 79.7 Å². The Hall–Kier alpha value is -1.54. The molecule has 0 aromatic carbocycles. The normalized spacial score (nSPS) is 20.0. The van der Waals surface area contributed by atoms with E-state index in [4.69, 9.17) is 14.2 Å². The van der Waals surface area contributed by atoms with Gasteiger partial charge in [0.2, 0.25) is 0 Å². The maximum absolute atomic E-state index is 12.0. The zero-order valence-electron chi connectivity index (χ0n) is 20.4. The van der Waals surface area contributed by atoms with E-state index in [-0.39, 0.29) is 36.5 Å². The average molecular weight is 479 g/mol. The van der Waals surface area contributed by atoms with Crippen LogP contribution >= 0.6 is 12.4 Å². The lowest BCUT2D eigenvalue weighted by Crippen LogP contribution is -2.40. The topological polar surface area (TPSA) is 94.2 Å². The van der Waals surface area contributed by atoms with Gasteiger partial charge in [0.1, 0.15) is 5.60 Å². The van der Waals surface area contributed by atoms with Gasteiger partial charge in [-0.1, -0.05) is 0 Å². The van der Waals surface area contributed by atoms with Crippen LogP contribution in [0.4, 0.5) is 4.79 Å². The molecule has 2 aliphatic heterocycles. The van der Waals surface area contributed by atoms with Crippen molar-refractivity contribution in [3.63, 3.8) is 0 Å². The van der Waals surface area contributed by atoms with Crippen molar-refractivity contribution in [1.29, 1.82) is 0 Å². The zero-order valence-corrected chi connectivity index (χ0v) is 21.3. The van der Waals surface area contributed by atoms with Crippen LogP contribution in [0.5, 0.6) is 0 Å². The van der Waals surface area contributed by atoms with Crippen molar-refractivity contribution in [3.05, 3.63) is 0 Å². The van der Waals surface area contributed by atoms with E-state index >= 15 is 0 Å². The molecule has 188 valence electrons. The molecule has 2 rings (SSSR count). The van der Waals surface area contributed by atoms with Crippen molar-refractivity contribution < 1.29 is 28.6 Å². The molecule has 1 amide bonds. The Morgan fingerprint density at radius 3 is 2.03 bits per heavy atom. The molecule has 2 aliphatic rings. The van der Waals surface area contributed by atoms with Crippen molar-refractivity contribution in [1.82, 2.24) is 10.2 Å². The van der Waals surface area contributed by atoms with Gasteiger partial charge in [0.25, 0.3) is 0 Å². The zero-order chi connectivity index (χ0) is 23.3. The summed E-state index contributed by atoms with van der Waals surface area (Å²) in [5.41, 5.74) is -0.481. The standard InChI is InChI=1S/C14H25NO4.C9H17NO2.ClH/c1-5-18-12(16)9-8-11-7-6-10-15(11)13(17)19-14(2,3)4;1-2-12-9(11)6-5-8-4-3-7-10-8;/h11H,5-10H2,1-4H3;8,10H,2-7H2,1H3;1H/t11-;8-;/m00./s1. The van der Waals surface area contributed by atoms with Gasteiger partial charge in [-0.25, -0.2) is 4.79 Å². The predicted molar refractivity (Wildman–Crippen MR) is 126 cm³/mol. The van der Waals surface area contributed by atoms with Crippen LogP contribution in [0.2, 0.25) is 0 Å². The van der Waals surface area contributed by atoms with Gasteiger partial charge in [0.15, 0.2) is 0 Å². The minimum atomic E-state index is -0.481. The summed E-state index contributed by atoms with van der Waals surface area (Å²) in [4.78, 5) is 36.1. The number of ether oxygens (including phenoxy) is 3. The van der Waals surface area contributed by atoms with Crippen LogP contribution in [0.15, 0.2) is 0 Å². The summed E-state index contributed by atoms with van der Waals surface area (Å²) in [5, 5.41) is 3.35. The summed E-state index contributed by atoms with van der Waals surface area (Å²) < 4.78 is 15.1. The van der Waals surface area contributed by atoms with E-state index in [0.29, 0.717) is 45.1 Å². The Morgan fingerprint density at radius 2 is 1.53 bits per heavy atom. The molecule has 0 aromatic heterocycles. The van der Waals surface area contributed by atoms with Crippen LogP contribution in [0, 0.1) is 0 Å². The highest BCUT2D eigenvalue weighted by molar-refractivity contribution is 5.85. The van der Waals surface area contributed by atoms with Gasteiger partial charge in [0.05, 0.1) is 13.2 Å². The molecule has 0 saturated carbocycles. The quantitative estimate of drug-likeness (QED) is 0.412. The lowest BCUT2D eigenvalue weighted by Gasteiger charge is -2.28. The molecule has 2 fully saturated rings. The SMILES string of the molecule is CCOC(=O)CC[C@@H]1CCCN1.CCOC(=O)CC[C@@H]1CCCN1C(=O)OC(C)(C)C.Cl. The van der Waals surface area contributed by atoms with E-state index in [1.165, 1.54) is 12.8 Å². The number of hydrogen-bond donors (Lipinski definition) is 1.